The Bertz CT molecular complexity index is 457. The Morgan fingerprint density at radius 3 is 2.33 bits per heavy atom. The highest BCUT2D eigenvalue weighted by atomic mass is 19.4. The van der Waals surface area contributed by atoms with Crippen molar-refractivity contribution in [2.45, 2.75) is 32.5 Å². The lowest BCUT2D eigenvalue weighted by atomic mass is 9.98. The summed E-state index contributed by atoms with van der Waals surface area (Å²) in [4.78, 5) is 1.79. The normalized spacial score (nSPS) is 14.0. The van der Waals surface area contributed by atoms with E-state index in [0.29, 0.717) is 18.5 Å². The van der Waals surface area contributed by atoms with E-state index in [0.717, 1.165) is 12.5 Å². The van der Waals surface area contributed by atoms with E-state index in [1.165, 1.54) is 6.07 Å². The van der Waals surface area contributed by atoms with Crippen LogP contribution < -0.4 is 5.73 Å². The van der Waals surface area contributed by atoms with Crippen molar-refractivity contribution in [2.75, 3.05) is 20.1 Å². The van der Waals surface area contributed by atoms with Crippen LogP contribution in [-0.2, 0) is 6.18 Å². The van der Waals surface area contributed by atoms with Gasteiger partial charge in [-0.05, 0) is 43.6 Å². The number of likely N-dealkylation sites (N-methyl/N-ethyl adjacent to an activating group) is 1. The summed E-state index contributed by atoms with van der Waals surface area (Å²) >= 11 is 0. The molecular weight excluding hydrogens is 284 g/mol. The molecule has 2 nitrogen and oxygen atoms in total. The lowest BCUT2D eigenvalue weighted by molar-refractivity contribution is -0.138. The molecule has 0 radical (unpaired) electrons. The summed E-state index contributed by atoms with van der Waals surface area (Å²) in [5.41, 5.74) is 4.74. The number of benzene rings is 1. The molecule has 1 aromatic rings. The van der Waals surface area contributed by atoms with Gasteiger partial charge < -0.3 is 5.73 Å². The van der Waals surface area contributed by atoms with Gasteiger partial charge in [-0.2, -0.15) is 13.2 Å². The topological polar surface area (TPSA) is 29.3 Å². The molecule has 0 fully saturated rings. The molecule has 0 aliphatic heterocycles. The molecule has 1 aromatic carbocycles. The molecular formula is C15H22F4N2. The van der Waals surface area contributed by atoms with Crippen LogP contribution in [0.5, 0.6) is 0 Å². The third-order valence-corrected chi connectivity index (χ3v) is 3.49. The molecule has 21 heavy (non-hydrogen) atoms. The maximum Gasteiger partial charge on any atom is 0.416 e. The fourth-order valence-corrected chi connectivity index (χ4v) is 2.23. The van der Waals surface area contributed by atoms with Crippen LogP contribution in [0.15, 0.2) is 18.2 Å². The minimum Gasteiger partial charge on any atom is -0.329 e. The van der Waals surface area contributed by atoms with E-state index >= 15 is 0 Å². The Hall–Kier alpha value is -1.14. The van der Waals surface area contributed by atoms with Gasteiger partial charge in [0.05, 0.1) is 5.56 Å². The second kappa shape index (κ2) is 7.22. The fraction of sp³-hybridized carbons (Fsp3) is 0.600. The van der Waals surface area contributed by atoms with Gasteiger partial charge in [0.25, 0.3) is 0 Å². The van der Waals surface area contributed by atoms with Crippen molar-refractivity contribution >= 4 is 0 Å². The molecule has 0 aromatic heterocycles. The molecule has 120 valence electrons. The largest absolute Gasteiger partial charge is 0.416 e. The summed E-state index contributed by atoms with van der Waals surface area (Å²) in [6.45, 7) is 4.77. The number of hydrogen-bond acceptors (Lipinski definition) is 2. The number of rotatable bonds is 6. The van der Waals surface area contributed by atoms with Gasteiger partial charge in [-0.3, -0.25) is 4.90 Å². The Morgan fingerprint density at radius 2 is 1.86 bits per heavy atom. The monoisotopic (exact) mass is 306 g/mol. The molecule has 1 unspecified atom stereocenters. The second-order valence-corrected chi connectivity index (χ2v) is 5.64. The number of nitrogens with two attached hydrogens (primary N) is 1. The van der Waals surface area contributed by atoms with E-state index in [9.17, 15) is 17.6 Å². The highest BCUT2D eigenvalue weighted by Crippen LogP contribution is 2.36. The van der Waals surface area contributed by atoms with Crippen LogP contribution in [0.3, 0.4) is 0 Å². The molecule has 0 amide bonds. The predicted octanol–water partition coefficient (Wildman–Crippen LogP) is 3.82. The van der Waals surface area contributed by atoms with Crippen LogP contribution in [0.1, 0.15) is 37.4 Å². The van der Waals surface area contributed by atoms with Crippen LogP contribution in [-0.4, -0.2) is 25.0 Å². The quantitative estimate of drug-likeness (QED) is 0.810. The molecule has 0 saturated carbocycles. The summed E-state index contributed by atoms with van der Waals surface area (Å²) in [7, 11) is 1.74. The first-order valence-electron chi connectivity index (χ1n) is 6.93. The van der Waals surface area contributed by atoms with Crippen molar-refractivity contribution in [3.63, 3.8) is 0 Å². The highest BCUT2D eigenvalue weighted by Gasteiger charge is 2.36. The molecule has 0 bridgehead atoms. The van der Waals surface area contributed by atoms with Crippen LogP contribution in [0, 0.1) is 11.7 Å². The zero-order valence-electron chi connectivity index (χ0n) is 12.5. The van der Waals surface area contributed by atoms with Gasteiger partial charge in [0.15, 0.2) is 0 Å². The van der Waals surface area contributed by atoms with Gasteiger partial charge in [-0.15, -0.1) is 0 Å². The minimum absolute atomic E-state index is 0.0256. The zero-order chi connectivity index (χ0) is 16.2. The summed E-state index contributed by atoms with van der Waals surface area (Å²) in [6, 6.07) is 2.18. The lowest BCUT2D eigenvalue weighted by Gasteiger charge is -2.30. The Morgan fingerprint density at radius 1 is 1.24 bits per heavy atom. The zero-order valence-corrected chi connectivity index (χ0v) is 12.5. The number of halogens is 4. The molecule has 0 saturated heterocycles. The van der Waals surface area contributed by atoms with E-state index in [4.69, 9.17) is 5.73 Å². The van der Waals surface area contributed by atoms with Crippen molar-refractivity contribution in [2.24, 2.45) is 11.7 Å². The Kier molecular flexibility index (Phi) is 6.16. The molecule has 0 aliphatic carbocycles. The van der Waals surface area contributed by atoms with E-state index in [1.807, 2.05) is 13.8 Å². The molecule has 0 spiro atoms. The minimum atomic E-state index is -4.59. The molecule has 0 heterocycles. The van der Waals surface area contributed by atoms with Crippen molar-refractivity contribution in [3.8, 4) is 0 Å². The summed E-state index contributed by atoms with van der Waals surface area (Å²) < 4.78 is 52.4. The standard InChI is InChI=1S/C15H22F4N2/c1-10(2)6-7-21(3)14(9-20)12-5-4-11(16)8-13(12)15(17,18)19/h4-5,8,10,14H,6-7,9,20H2,1-3H3. The third-order valence-electron chi connectivity index (χ3n) is 3.49. The SMILES string of the molecule is CC(C)CCN(C)C(CN)c1ccc(F)cc1C(F)(F)F. The van der Waals surface area contributed by atoms with Gasteiger partial charge >= 0.3 is 6.18 Å². The van der Waals surface area contributed by atoms with E-state index in [2.05, 4.69) is 0 Å². The third kappa shape index (κ3) is 4.97. The van der Waals surface area contributed by atoms with E-state index < -0.39 is 23.6 Å². The van der Waals surface area contributed by atoms with Crippen LogP contribution >= 0.6 is 0 Å². The number of hydrogen-bond donors (Lipinski definition) is 1. The maximum atomic E-state index is 13.2. The Labute approximate surface area is 122 Å². The van der Waals surface area contributed by atoms with Gasteiger partial charge in [0.2, 0.25) is 0 Å². The van der Waals surface area contributed by atoms with Gasteiger partial charge in [0.1, 0.15) is 5.82 Å². The average Bonchev–Trinajstić information content (AvgIpc) is 2.37. The maximum absolute atomic E-state index is 13.2. The van der Waals surface area contributed by atoms with Gasteiger partial charge in [-0.1, -0.05) is 19.9 Å². The second-order valence-electron chi connectivity index (χ2n) is 5.64. The molecule has 2 N–H and O–H groups in total. The van der Waals surface area contributed by atoms with E-state index in [1.54, 1.807) is 11.9 Å². The number of nitrogens with zero attached hydrogens (tertiary/aromatic N) is 1. The Balaban J connectivity index is 3.10. The van der Waals surface area contributed by atoms with E-state index in [-0.39, 0.29) is 12.1 Å². The highest BCUT2D eigenvalue weighted by molar-refractivity contribution is 5.33. The first-order valence-corrected chi connectivity index (χ1v) is 6.93. The van der Waals surface area contributed by atoms with Crippen molar-refractivity contribution < 1.29 is 17.6 Å². The summed E-state index contributed by atoms with van der Waals surface area (Å²) in [5, 5.41) is 0. The smallest absolute Gasteiger partial charge is 0.329 e. The summed E-state index contributed by atoms with van der Waals surface area (Å²) in [6.07, 6.45) is -3.74. The molecule has 0 aliphatic rings. The molecule has 1 rings (SSSR count). The van der Waals surface area contributed by atoms with Gasteiger partial charge in [0, 0.05) is 12.6 Å². The van der Waals surface area contributed by atoms with Crippen molar-refractivity contribution in [3.05, 3.63) is 35.1 Å². The van der Waals surface area contributed by atoms with Gasteiger partial charge in [-0.25, -0.2) is 4.39 Å². The van der Waals surface area contributed by atoms with Crippen LogP contribution in [0.2, 0.25) is 0 Å². The summed E-state index contributed by atoms with van der Waals surface area (Å²) in [5.74, 6) is -0.451. The molecule has 1 atom stereocenters. The lowest BCUT2D eigenvalue weighted by Crippen LogP contribution is -2.33. The number of alkyl halides is 3. The fourth-order valence-electron chi connectivity index (χ4n) is 2.23. The van der Waals surface area contributed by atoms with Crippen molar-refractivity contribution in [1.29, 1.82) is 0 Å². The predicted molar refractivity (Wildman–Crippen MR) is 75.3 cm³/mol. The first-order chi connectivity index (χ1) is 9.66. The molecule has 6 heteroatoms. The van der Waals surface area contributed by atoms with Crippen LogP contribution in [0.25, 0.3) is 0 Å². The van der Waals surface area contributed by atoms with Crippen molar-refractivity contribution in [1.82, 2.24) is 4.90 Å². The first kappa shape index (κ1) is 17.9. The average molecular weight is 306 g/mol. The van der Waals surface area contributed by atoms with Crippen LogP contribution in [0.4, 0.5) is 17.6 Å².